The molecule has 0 amide bonds. The monoisotopic (exact) mass is 1810 g/mol. The topological polar surface area (TPSA) is 66.3 Å². The van der Waals surface area contributed by atoms with E-state index in [9.17, 15) is 0 Å². The van der Waals surface area contributed by atoms with Gasteiger partial charge in [-0.1, -0.05) is 394 Å². The molecule has 10 heterocycles. The minimum absolute atomic E-state index is 0.886. The number of benzene rings is 20. The van der Waals surface area contributed by atoms with E-state index in [0.717, 1.165) is 83.8 Å². The second-order valence-electron chi connectivity index (χ2n) is 35.6. The average molecular weight is 1810 g/mol. The minimum Gasteiger partial charge on any atom is -0.292 e. The van der Waals surface area contributed by atoms with E-state index >= 15 is 0 Å². The van der Waals surface area contributed by atoms with Crippen LogP contribution in [0.25, 0.3) is 275 Å². The van der Waals surface area contributed by atoms with Crippen molar-refractivity contribution in [3.63, 3.8) is 0 Å². The normalized spacial score (nSPS) is 11.9. The molecule has 20 aromatic carbocycles. The van der Waals surface area contributed by atoms with Gasteiger partial charge in [-0.2, -0.15) is 0 Å². The van der Waals surface area contributed by atoms with Crippen molar-refractivity contribution in [3.05, 3.63) is 467 Å². The zero-order chi connectivity index (χ0) is 90.6. The molecular formula is C128H77N7S3. The Morgan fingerprint density at radius 1 is 0.188 bits per heavy atom. The lowest BCUT2D eigenvalue weighted by molar-refractivity contribution is 1.10. The number of fused-ring (bicyclic) bond motifs is 33. The Hall–Kier alpha value is -17.4. The van der Waals surface area contributed by atoms with Crippen molar-refractivity contribution in [1.29, 1.82) is 0 Å². The van der Waals surface area contributed by atoms with Crippen LogP contribution in [0, 0.1) is 0 Å². The Labute approximate surface area is 803 Å². The molecule has 0 fully saturated rings. The molecule has 0 N–H and O–H groups in total. The lowest BCUT2D eigenvalue weighted by Gasteiger charge is -2.15. The van der Waals surface area contributed by atoms with Gasteiger partial charge in [0.1, 0.15) is 17.5 Å². The van der Waals surface area contributed by atoms with Gasteiger partial charge >= 0.3 is 0 Å². The van der Waals surface area contributed by atoms with E-state index in [4.69, 9.17) is 19.9 Å². The third-order valence-electron chi connectivity index (χ3n) is 28.0. The molecule has 0 saturated carbocycles. The zero-order valence-electron chi connectivity index (χ0n) is 74.3. The molecule has 138 heavy (non-hydrogen) atoms. The minimum atomic E-state index is 0.886. The summed E-state index contributed by atoms with van der Waals surface area (Å²) in [7, 11) is 0. The standard InChI is InChI=1S/2C43H26N2S.C42H25N3S/c1-2-12-27(13-3-1)28-22-24-29(25-23-28)35-26-39(44-36-19-9-6-14-30(35)36)45-37-20-10-7-17-33(37)40-31-15-4-5-16-32(31)41-34-18-8-11-21-38(34)46-43(41)42(40)45;1-2-12-27(13-3-1)28-22-24-29(25-23-28)41-31-15-5-4-14-30(31)26-38(44-41)45-36-20-10-8-18-34(36)39-32-16-6-7-17-33(32)40-35-19-9-11-21-37(35)46-43(40)42(39)45;1-3-13-26(14-4-1)28-23-24-43-39-33(27-15-5-2-6-16-27)25-36(44-40(28)39)45-34-21-11-9-19-31(34)37-29-17-7-8-18-30(29)38-32-20-10-12-22-35(32)46-42(38)41(37)45/h2*1-26H;1-25H. The number of aromatic nitrogens is 7. The van der Waals surface area contributed by atoms with Gasteiger partial charge in [-0.05, 0) is 149 Å². The fraction of sp³-hybridized carbons (Fsp3) is 0. The summed E-state index contributed by atoms with van der Waals surface area (Å²) in [6.45, 7) is 0. The number of para-hydroxylation sites is 4. The Bertz CT molecular complexity index is 9830. The van der Waals surface area contributed by atoms with Crippen molar-refractivity contribution in [2.45, 2.75) is 0 Å². The molecule has 0 unspecified atom stereocenters. The van der Waals surface area contributed by atoms with Crippen LogP contribution in [-0.4, -0.2) is 33.6 Å². The molecular weight excluding hydrogens is 1730 g/mol. The van der Waals surface area contributed by atoms with Crippen molar-refractivity contribution in [3.8, 4) is 84.3 Å². The quantitative estimate of drug-likeness (QED) is 0.144. The van der Waals surface area contributed by atoms with Gasteiger partial charge < -0.3 is 0 Å². The first-order chi connectivity index (χ1) is 68.5. The molecule has 642 valence electrons. The highest BCUT2D eigenvalue weighted by Gasteiger charge is 2.29. The van der Waals surface area contributed by atoms with Gasteiger partial charge in [0, 0.05) is 112 Å². The molecule has 0 bridgehead atoms. The number of nitrogens with zero attached hydrogens (tertiary/aromatic N) is 7. The molecule has 0 atom stereocenters. The average Bonchev–Trinajstić information content (AvgIpc) is 1.54. The van der Waals surface area contributed by atoms with Gasteiger partial charge in [0.2, 0.25) is 0 Å². The van der Waals surface area contributed by atoms with Crippen LogP contribution in [0.2, 0.25) is 0 Å². The molecule has 0 saturated heterocycles. The maximum absolute atomic E-state index is 5.53. The van der Waals surface area contributed by atoms with Crippen LogP contribution >= 0.6 is 34.0 Å². The van der Waals surface area contributed by atoms with Crippen LogP contribution in [0.4, 0.5) is 0 Å². The summed E-state index contributed by atoms with van der Waals surface area (Å²) < 4.78 is 15.0. The van der Waals surface area contributed by atoms with Gasteiger partial charge in [-0.3, -0.25) is 18.7 Å². The van der Waals surface area contributed by atoms with E-state index in [0.29, 0.717) is 0 Å². The van der Waals surface area contributed by atoms with Crippen molar-refractivity contribution >= 4 is 225 Å². The third-order valence-corrected chi connectivity index (χ3v) is 31.5. The molecule has 0 radical (unpaired) electrons. The number of rotatable bonds is 9. The summed E-state index contributed by atoms with van der Waals surface area (Å²) in [6.07, 6.45) is 1.91. The van der Waals surface area contributed by atoms with E-state index in [1.165, 1.54) is 192 Å². The Kier molecular flexibility index (Phi) is 18.5. The van der Waals surface area contributed by atoms with Crippen molar-refractivity contribution in [2.75, 3.05) is 0 Å². The van der Waals surface area contributed by atoms with Crippen molar-refractivity contribution in [1.82, 2.24) is 33.6 Å². The summed E-state index contributed by atoms with van der Waals surface area (Å²) in [4.78, 5) is 21.4. The second-order valence-corrected chi connectivity index (χ2v) is 38.7. The van der Waals surface area contributed by atoms with Gasteiger partial charge in [0.05, 0.1) is 69.4 Å². The number of pyridine rings is 4. The summed E-state index contributed by atoms with van der Waals surface area (Å²) >= 11 is 5.64. The summed E-state index contributed by atoms with van der Waals surface area (Å²) in [5, 5.41) is 26.6. The molecule has 10 heteroatoms. The predicted octanol–water partition coefficient (Wildman–Crippen LogP) is 36.0. The van der Waals surface area contributed by atoms with Crippen LogP contribution in [0.3, 0.4) is 0 Å². The Balaban J connectivity index is 0.000000102. The largest absolute Gasteiger partial charge is 0.292 e. The molecule has 0 aliphatic heterocycles. The zero-order valence-corrected chi connectivity index (χ0v) is 76.8. The van der Waals surface area contributed by atoms with Crippen LogP contribution < -0.4 is 0 Å². The lowest BCUT2D eigenvalue weighted by Crippen LogP contribution is -2.01. The Morgan fingerprint density at radius 2 is 0.493 bits per heavy atom. The highest BCUT2D eigenvalue weighted by atomic mass is 32.1. The fourth-order valence-corrected chi connectivity index (χ4v) is 25.7. The van der Waals surface area contributed by atoms with Crippen LogP contribution in [-0.2, 0) is 0 Å². The summed E-state index contributed by atoms with van der Waals surface area (Å²) in [6, 6.07) is 166. The van der Waals surface area contributed by atoms with Crippen molar-refractivity contribution < 1.29 is 0 Å². The maximum atomic E-state index is 5.53. The Morgan fingerprint density at radius 3 is 0.935 bits per heavy atom. The maximum Gasteiger partial charge on any atom is 0.139 e. The van der Waals surface area contributed by atoms with E-state index in [2.05, 4.69) is 475 Å². The first-order valence-electron chi connectivity index (χ1n) is 46.8. The molecule has 0 spiro atoms. The van der Waals surface area contributed by atoms with Gasteiger partial charge in [0.25, 0.3) is 0 Å². The molecule has 30 rings (SSSR count). The highest BCUT2D eigenvalue weighted by molar-refractivity contribution is 7.28. The van der Waals surface area contributed by atoms with E-state index in [1.54, 1.807) is 0 Å². The number of hydrogen-bond acceptors (Lipinski definition) is 7. The number of thiophene rings is 3. The second kappa shape index (κ2) is 32.2. The van der Waals surface area contributed by atoms with E-state index in [-0.39, 0.29) is 0 Å². The van der Waals surface area contributed by atoms with E-state index < -0.39 is 0 Å². The summed E-state index contributed by atoms with van der Waals surface area (Å²) in [5.74, 6) is 2.75. The molecule has 7 nitrogen and oxygen atoms in total. The SMILES string of the molecule is c1ccc(-c2cc(-n3c4ccccc4c4c5ccccc5c5c6ccccc6sc5c43)nc3c(-c4ccccc4)ccnc23)cc1.c1ccc(-c2ccc(-c3cc(-n4c5ccccc5c5c6ccccc6c6c7ccccc7sc6c54)nc4ccccc34)cc2)cc1.c1ccc(-c2ccc(-c3nc(-n4c5ccccc5c5c6ccccc6c6c7ccccc7sc6c54)cc4ccccc34)cc2)cc1. The molecule has 0 aliphatic carbocycles. The predicted molar refractivity (Wildman–Crippen MR) is 590 cm³/mol. The number of hydrogen-bond donors (Lipinski definition) is 0. The molecule has 30 aromatic rings. The highest BCUT2D eigenvalue weighted by Crippen LogP contribution is 2.54. The first kappa shape index (κ1) is 79.2. The third kappa shape index (κ3) is 12.5. The first-order valence-corrected chi connectivity index (χ1v) is 49.3. The van der Waals surface area contributed by atoms with Crippen LogP contribution in [0.5, 0.6) is 0 Å². The van der Waals surface area contributed by atoms with Crippen molar-refractivity contribution in [2.24, 2.45) is 0 Å². The summed E-state index contributed by atoms with van der Waals surface area (Å²) in [5.41, 5.74) is 23.6. The van der Waals surface area contributed by atoms with Gasteiger partial charge in [-0.15, -0.1) is 34.0 Å². The van der Waals surface area contributed by atoms with Gasteiger partial charge in [0.15, 0.2) is 0 Å². The van der Waals surface area contributed by atoms with Crippen LogP contribution in [0.1, 0.15) is 0 Å². The molecule has 0 aliphatic rings. The van der Waals surface area contributed by atoms with E-state index in [1.807, 2.05) is 40.2 Å². The fourth-order valence-electron chi connectivity index (χ4n) is 22.0. The van der Waals surface area contributed by atoms with Crippen LogP contribution in [0.15, 0.2) is 467 Å². The van der Waals surface area contributed by atoms with Gasteiger partial charge in [-0.25, -0.2) is 15.0 Å². The lowest BCUT2D eigenvalue weighted by atomic mass is 9.98. The molecule has 10 aromatic heterocycles. The smallest absolute Gasteiger partial charge is 0.139 e.